The highest BCUT2D eigenvalue weighted by molar-refractivity contribution is 5.81. The SMILES string of the molecule is O=C(CNc1ccc(F)c(F)c1F)NC1CCCc2ccccc21. The Labute approximate surface area is 137 Å². The van der Waals surface area contributed by atoms with E-state index in [1.807, 2.05) is 24.3 Å². The summed E-state index contributed by atoms with van der Waals surface area (Å²) in [7, 11) is 0. The highest BCUT2D eigenvalue weighted by Crippen LogP contribution is 2.29. The van der Waals surface area contributed by atoms with Gasteiger partial charge in [-0.25, -0.2) is 13.2 Å². The summed E-state index contributed by atoms with van der Waals surface area (Å²) in [5, 5.41) is 5.40. The molecule has 0 radical (unpaired) electrons. The Morgan fingerprint density at radius 1 is 1.08 bits per heavy atom. The maximum absolute atomic E-state index is 13.6. The minimum atomic E-state index is -1.55. The Morgan fingerprint density at radius 3 is 2.71 bits per heavy atom. The smallest absolute Gasteiger partial charge is 0.239 e. The molecular formula is C18H17F3N2O. The van der Waals surface area contributed by atoms with E-state index in [-0.39, 0.29) is 24.2 Å². The zero-order valence-electron chi connectivity index (χ0n) is 12.9. The van der Waals surface area contributed by atoms with Gasteiger partial charge in [0, 0.05) is 0 Å². The molecule has 0 saturated heterocycles. The number of anilines is 1. The highest BCUT2D eigenvalue weighted by Gasteiger charge is 2.21. The van der Waals surface area contributed by atoms with Crippen molar-refractivity contribution in [2.75, 3.05) is 11.9 Å². The van der Waals surface area contributed by atoms with Crippen molar-refractivity contribution in [1.82, 2.24) is 5.32 Å². The van der Waals surface area contributed by atoms with E-state index in [2.05, 4.69) is 10.6 Å². The largest absolute Gasteiger partial charge is 0.374 e. The molecule has 24 heavy (non-hydrogen) atoms. The van der Waals surface area contributed by atoms with Gasteiger partial charge in [0.25, 0.3) is 0 Å². The molecule has 6 heteroatoms. The van der Waals surface area contributed by atoms with E-state index in [9.17, 15) is 18.0 Å². The second-order valence-electron chi connectivity index (χ2n) is 5.79. The molecule has 0 spiro atoms. The summed E-state index contributed by atoms with van der Waals surface area (Å²) in [4.78, 5) is 12.1. The molecule has 0 heterocycles. The summed E-state index contributed by atoms with van der Waals surface area (Å²) >= 11 is 0. The van der Waals surface area contributed by atoms with E-state index in [0.717, 1.165) is 37.0 Å². The lowest BCUT2D eigenvalue weighted by Crippen LogP contribution is -2.35. The molecule has 0 fully saturated rings. The van der Waals surface area contributed by atoms with Crippen LogP contribution in [0.4, 0.5) is 18.9 Å². The molecule has 1 aliphatic carbocycles. The van der Waals surface area contributed by atoms with Gasteiger partial charge in [-0.15, -0.1) is 0 Å². The van der Waals surface area contributed by atoms with Crippen molar-refractivity contribution < 1.29 is 18.0 Å². The first kappa shape index (κ1) is 16.4. The van der Waals surface area contributed by atoms with E-state index in [1.54, 1.807) is 0 Å². The lowest BCUT2D eigenvalue weighted by Gasteiger charge is -2.26. The second-order valence-corrected chi connectivity index (χ2v) is 5.79. The van der Waals surface area contributed by atoms with Gasteiger partial charge in [-0.2, -0.15) is 0 Å². The summed E-state index contributed by atoms with van der Waals surface area (Å²) in [6, 6.07) is 9.73. The maximum atomic E-state index is 13.6. The monoisotopic (exact) mass is 334 g/mol. The molecule has 1 aliphatic rings. The van der Waals surface area contributed by atoms with Gasteiger partial charge in [0.05, 0.1) is 18.3 Å². The second kappa shape index (κ2) is 6.95. The van der Waals surface area contributed by atoms with Crippen LogP contribution >= 0.6 is 0 Å². The first-order valence-electron chi connectivity index (χ1n) is 7.81. The van der Waals surface area contributed by atoms with Crippen LogP contribution in [0.25, 0.3) is 0 Å². The van der Waals surface area contributed by atoms with Crippen LogP contribution in [0.1, 0.15) is 30.0 Å². The molecule has 1 amide bonds. The Bertz CT molecular complexity index is 764. The molecule has 1 unspecified atom stereocenters. The van der Waals surface area contributed by atoms with Gasteiger partial charge in [0.2, 0.25) is 5.91 Å². The number of rotatable bonds is 4. The van der Waals surface area contributed by atoms with E-state index in [0.29, 0.717) is 0 Å². The van der Waals surface area contributed by atoms with Crippen molar-refractivity contribution in [3.63, 3.8) is 0 Å². The Morgan fingerprint density at radius 2 is 1.88 bits per heavy atom. The number of halogens is 3. The number of benzene rings is 2. The van der Waals surface area contributed by atoms with Crippen molar-refractivity contribution in [1.29, 1.82) is 0 Å². The topological polar surface area (TPSA) is 41.1 Å². The third-order valence-electron chi connectivity index (χ3n) is 4.18. The average Bonchev–Trinajstić information content (AvgIpc) is 2.59. The molecular weight excluding hydrogens is 317 g/mol. The van der Waals surface area contributed by atoms with E-state index >= 15 is 0 Å². The molecule has 0 bridgehead atoms. The Kier molecular flexibility index (Phi) is 4.74. The standard InChI is InChI=1S/C18H17F3N2O/c19-13-8-9-15(18(21)17(13)20)22-10-16(24)23-14-7-3-5-11-4-1-2-6-12(11)14/h1-2,4,6,8-9,14,22H,3,5,7,10H2,(H,23,24). The summed E-state index contributed by atoms with van der Waals surface area (Å²) < 4.78 is 39.6. The van der Waals surface area contributed by atoms with Crippen LogP contribution in [0, 0.1) is 17.5 Å². The number of nitrogens with one attached hydrogen (secondary N) is 2. The fraction of sp³-hybridized carbons (Fsp3) is 0.278. The highest BCUT2D eigenvalue weighted by atomic mass is 19.2. The predicted molar refractivity (Wildman–Crippen MR) is 85.1 cm³/mol. The van der Waals surface area contributed by atoms with Crippen LogP contribution in [-0.2, 0) is 11.2 Å². The first-order chi connectivity index (χ1) is 11.6. The summed E-state index contributed by atoms with van der Waals surface area (Å²) in [5.74, 6) is -4.48. The van der Waals surface area contributed by atoms with Gasteiger partial charge >= 0.3 is 0 Å². The van der Waals surface area contributed by atoms with Crippen LogP contribution in [-0.4, -0.2) is 12.5 Å². The maximum Gasteiger partial charge on any atom is 0.239 e. The zero-order chi connectivity index (χ0) is 17.1. The molecule has 0 aromatic heterocycles. The van der Waals surface area contributed by atoms with Gasteiger partial charge in [0.15, 0.2) is 17.5 Å². The van der Waals surface area contributed by atoms with Gasteiger partial charge in [0.1, 0.15) is 0 Å². The van der Waals surface area contributed by atoms with E-state index in [1.165, 1.54) is 5.56 Å². The van der Waals surface area contributed by atoms with Gasteiger partial charge in [-0.05, 0) is 42.5 Å². The van der Waals surface area contributed by atoms with Crippen LogP contribution in [0.3, 0.4) is 0 Å². The molecule has 3 nitrogen and oxygen atoms in total. The average molecular weight is 334 g/mol. The molecule has 3 rings (SSSR count). The number of carbonyl (C=O) groups excluding carboxylic acids is 1. The summed E-state index contributed by atoms with van der Waals surface area (Å²) in [5.41, 5.74) is 2.07. The minimum absolute atomic E-state index is 0.0842. The minimum Gasteiger partial charge on any atom is -0.374 e. The number of hydrogen-bond acceptors (Lipinski definition) is 2. The van der Waals surface area contributed by atoms with Gasteiger partial charge in [-0.1, -0.05) is 24.3 Å². The zero-order valence-corrected chi connectivity index (χ0v) is 12.9. The van der Waals surface area contributed by atoms with Crippen molar-refractivity contribution in [2.45, 2.75) is 25.3 Å². The first-order valence-corrected chi connectivity index (χ1v) is 7.81. The third kappa shape index (κ3) is 3.37. The fourth-order valence-corrected chi connectivity index (χ4v) is 2.99. The molecule has 2 aromatic carbocycles. The number of hydrogen-bond donors (Lipinski definition) is 2. The van der Waals surface area contributed by atoms with Gasteiger partial charge in [-0.3, -0.25) is 4.79 Å². The Balaban J connectivity index is 1.62. The lowest BCUT2D eigenvalue weighted by molar-refractivity contribution is -0.120. The van der Waals surface area contributed by atoms with E-state index < -0.39 is 17.5 Å². The number of aryl methyl sites for hydroxylation is 1. The van der Waals surface area contributed by atoms with Crippen molar-refractivity contribution in [3.8, 4) is 0 Å². The molecule has 2 N–H and O–H groups in total. The van der Waals surface area contributed by atoms with Crippen molar-refractivity contribution in [3.05, 3.63) is 65.0 Å². The number of fused-ring (bicyclic) bond motifs is 1. The molecule has 0 aliphatic heterocycles. The molecule has 126 valence electrons. The van der Waals surface area contributed by atoms with E-state index in [4.69, 9.17) is 0 Å². The third-order valence-corrected chi connectivity index (χ3v) is 4.18. The Hall–Kier alpha value is -2.50. The van der Waals surface area contributed by atoms with Crippen molar-refractivity contribution >= 4 is 11.6 Å². The quantitative estimate of drug-likeness (QED) is 0.837. The predicted octanol–water partition coefficient (Wildman–Crippen LogP) is 3.71. The summed E-state index contributed by atoms with van der Waals surface area (Å²) in [6.07, 6.45) is 2.80. The summed E-state index contributed by atoms with van der Waals surface area (Å²) in [6.45, 7) is -0.222. The van der Waals surface area contributed by atoms with Crippen LogP contribution in [0.15, 0.2) is 36.4 Å². The molecule has 0 saturated carbocycles. The fourth-order valence-electron chi connectivity index (χ4n) is 2.99. The molecule has 1 atom stereocenters. The molecule has 2 aromatic rings. The number of amides is 1. The van der Waals surface area contributed by atoms with Crippen LogP contribution in [0.5, 0.6) is 0 Å². The lowest BCUT2D eigenvalue weighted by atomic mass is 9.88. The van der Waals surface area contributed by atoms with Crippen LogP contribution < -0.4 is 10.6 Å². The van der Waals surface area contributed by atoms with Crippen molar-refractivity contribution in [2.24, 2.45) is 0 Å². The normalized spacial score (nSPS) is 16.4. The van der Waals surface area contributed by atoms with Crippen LogP contribution in [0.2, 0.25) is 0 Å². The number of carbonyl (C=O) groups is 1. The van der Waals surface area contributed by atoms with Gasteiger partial charge < -0.3 is 10.6 Å².